The van der Waals surface area contributed by atoms with E-state index in [0.717, 1.165) is 6.42 Å². The third-order valence-corrected chi connectivity index (χ3v) is 3.15. The minimum absolute atomic E-state index is 0.227. The molecule has 0 heterocycles. The van der Waals surface area contributed by atoms with Gasteiger partial charge in [0.25, 0.3) is 0 Å². The van der Waals surface area contributed by atoms with E-state index in [1.807, 2.05) is 13.8 Å². The third kappa shape index (κ3) is 8.69. The SMILES string of the molecule is COC(C)(C)OCCCCC(Cl)(Cl)C(=O)OC(C)C. The maximum Gasteiger partial charge on any atom is 0.342 e. The van der Waals surface area contributed by atoms with Crippen LogP contribution in [0.15, 0.2) is 0 Å². The highest BCUT2D eigenvalue weighted by atomic mass is 35.5. The molecule has 0 aliphatic rings. The van der Waals surface area contributed by atoms with Crippen LogP contribution in [0.4, 0.5) is 0 Å². The number of esters is 1. The molecule has 4 nitrogen and oxygen atoms in total. The van der Waals surface area contributed by atoms with Crippen LogP contribution in [-0.2, 0) is 19.0 Å². The first-order chi connectivity index (χ1) is 8.60. The number of ether oxygens (including phenoxy) is 3. The predicted octanol–water partition coefficient (Wildman–Crippen LogP) is 3.68. The molecule has 0 unspecified atom stereocenters. The average Bonchev–Trinajstić information content (AvgIpc) is 2.27. The van der Waals surface area contributed by atoms with Crippen molar-refractivity contribution in [3.05, 3.63) is 0 Å². The summed E-state index contributed by atoms with van der Waals surface area (Å²) < 4.78 is 14.1. The summed E-state index contributed by atoms with van der Waals surface area (Å²) in [5.74, 6) is -1.20. The highest BCUT2D eigenvalue weighted by Gasteiger charge is 2.35. The third-order valence-electron chi connectivity index (χ3n) is 2.47. The second-order valence-electron chi connectivity index (χ2n) is 5.07. The Morgan fingerprint density at radius 1 is 1.21 bits per heavy atom. The molecule has 0 saturated carbocycles. The van der Waals surface area contributed by atoms with E-state index >= 15 is 0 Å². The predicted molar refractivity (Wildman–Crippen MR) is 76.6 cm³/mol. The van der Waals surface area contributed by atoms with Crippen molar-refractivity contribution in [3.8, 4) is 0 Å². The largest absolute Gasteiger partial charge is 0.461 e. The molecule has 0 atom stereocenters. The number of carbonyl (C=O) groups is 1. The molecule has 0 radical (unpaired) electrons. The van der Waals surface area contributed by atoms with E-state index in [9.17, 15) is 4.79 Å². The molecule has 114 valence electrons. The van der Waals surface area contributed by atoms with Gasteiger partial charge in [-0.25, -0.2) is 4.79 Å². The minimum Gasteiger partial charge on any atom is -0.461 e. The molecule has 0 aromatic carbocycles. The van der Waals surface area contributed by atoms with Crippen LogP contribution in [0.25, 0.3) is 0 Å². The lowest BCUT2D eigenvalue weighted by Crippen LogP contribution is -2.31. The molecule has 0 N–H and O–H groups in total. The molecule has 0 aromatic heterocycles. The number of carbonyl (C=O) groups excluding carboxylic acids is 1. The van der Waals surface area contributed by atoms with E-state index in [2.05, 4.69) is 0 Å². The van der Waals surface area contributed by atoms with Crippen molar-refractivity contribution in [3.63, 3.8) is 0 Å². The van der Waals surface area contributed by atoms with Gasteiger partial charge in [-0.05, 0) is 47.0 Å². The normalized spacial score (nSPS) is 12.8. The van der Waals surface area contributed by atoms with Gasteiger partial charge in [0, 0.05) is 13.7 Å². The van der Waals surface area contributed by atoms with Crippen LogP contribution < -0.4 is 0 Å². The van der Waals surface area contributed by atoms with Gasteiger partial charge in [-0.1, -0.05) is 23.2 Å². The highest BCUT2D eigenvalue weighted by Crippen LogP contribution is 2.29. The van der Waals surface area contributed by atoms with Crippen LogP contribution in [-0.4, -0.2) is 35.9 Å². The topological polar surface area (TPSA) is 44.8 Å². The first-order valence-electron chi connectivity index (χ1n) is 6.39. The van der Waals surface area contributed by atoms with Crippen molar-refractivity contribution >= 4 is 29.2 Å². The van der Waals surface area contributed by atoms with Gasteiger partial charge in [0.15, 0.2) is 5.79 Å². The zero-order chi connectivity index (χ0) is 15.1. The number of unbranched alkanes of at least 4 members (excludes halogenated alkanes) is 1. The monoisotopic (exact) mass is 314 g/mol. The molecular formula is C13H24Cl2O4. The van der Waals surface area contributed by atoms with Crippen LogP contribution in [0.2, 0.25) is 0 Å². The maximum atomic E-state index is 11.6. The van der Waals surface area contributed by atoms with Gasteiger partial charge in [-0.2, -0.15) is 0 Å². The Labute approximate surface area is 125 Å². The van der Waals surface area contributed by atoms with Gasteiger partial charge in [-0.15, -0.1) is 0 Å². The number of alkyl halides is 2. The van der Waals surface area contributed by atoms with E-state index in [0.29, 0.717) is 19.4 Å². The Morgan fingerprint density at radius 3 is 2.26 bits per heavy atom. The van der Waals surface area contributed by atoms with E-state index in [4.69, 9.17) is 37.4 Å². The van der Waals surface area contributed by atoms with Gasteiger partial charge in [0.05, 0.1) is 6.10 Å². The van der Waals surface area contributed by atoms with Crippen molar-refractivity contribution in [2.24, 2.45) is 0 Å². The van der Waals surface area contributed by atoms with E-state index in [1.54, 1.807) is 21.0 Å². The summed E-state index contributed by atoms with van der Waals surface area (Å²) >= 11 is 11.9. The van der Waals surface area contributed by atoms with Crippen molar-refractivity contribution < 1.29 is 19.0 Å². The molecule has 6 heteroatoms. The molecule has 0 rings (SSSR count). The van der Waals surface area contributed by atoms with Crippen molar-refractivity contribution in [2.45, 2.75) is 63.2 Å². The lowest BCUT2D eigenvalue weighted by Gasteiger charge is -2.24. The molecule has 0 amide bonds. The Hall–Kier alpha value is -0.0300. The second kappa shape index (κ2) is 8.30. The molecule has 0 aliphatic heterocycles. The number of halogens is 2. The molecule has 0 spiro atoms. The smallest absolute Gasteiger partial charge is 0.342 e. The molecule has 0 bridgehead atoms. The number of methoxy groups -OCH3 is 1. The molecule has 0 saturated heterocycles. The summed E-state index contributed by atoms with van der Waals surface area (Å²) in [7, 11) is 1.59. The summed E-state index contributed by atoms with van der Waals surface area (Å²) in [5.41, 5.74) is 0. The van der Waals surface area contributed by atoms with Gasteiger partial charge in [-0.3, -0.25) is 0 Å². The summed E-state index contributed by atoms with van der Waals surface area (Å²) in [4.78, 5) is 11.6. The Bertz CT molecular complexity index is 278. The second-order valence-corrected chi connectivity index (χ2v) is 6.55. The fraction of sp³-hybridized carbons (Fsp3) is 0.923. The first-order valence-corrected chi connectivity index (χ1v) is 7.14. The fourth-order valence-corrected chi connectivity index (χ4v) is 1.58. The lowest BCUT2D eigenvalue weighted by atomic mass is 10.2. The standard InChI is InChI=1S/C13H24Cl2O4/c1-10(2)19-11(16)13(14,15)8-6-7-9-18-12(3,4)17-5/h10H,6-9H2,1-5H3. The Kier molecular flexibility index (Phi) is 8.29. The van der Waals surface area contributed by atoms with Gasteiger partial charge >= 0.3 is 5.97 Å². The summed E-state index contributed by atoms with van der Waals surface area (Å²) in [6, 6.07) is 0. The quantitative estimate of drug-likeness (QED) is 0.282. The summed E-state index contributed by atoms with van der Waals surface area (Å²) in [5, 5.41) is 0. The van der Waals surface area contributed by atoms with Crippen molar-refractivity contribution in [1.29, 1.82) is 0 Å². The first kappa shape index (κ1) is 19.0. The Morgan fingerprint density at radius 2 is 1.79 bits per heavy atom. The van der Waals surface area contributed by atoms with Gasteiger partial charge in [0.1, 0.15) is 0 Å². The molecule has 0 aliphatic carbocycles. The van der Waals surface area contributed by atoms with Crippen LogP contribution in [0, 0.1) is 0 Å². The summed E-state index contributed by atoms with van der Waals surface area (Å²) in [6.45, 7) is 7.69. The minimum atomic E-state index is -1.49. The molecule has 0 aromatic rings. The fourth-order valence-electron chi connectivity index (χ4n) is 1.23. The maximum absolute atomic E-state index is 11.6. The molecular weight excluding hydrogens is 291 g/mol. The zero-order valence-electron chi connectivity index (χ0n) is 12.3. The number of hydrogen-bond donors (Lipinski definition) is 0. The highest BCUT2D eigenvalue weighted by molar-refractivity contribution is 6.57. The van der Waals surface area contributed by atoms with Crippen molar-refractivity contribution in [2.75, 3.05) is 13.7 Å². The molecule has 0 fully saturated rings. The van der Waals surface area contributed by atoms with Crippen LogP contribution >= 0.6 is 23.2 Å². The van der Waals surface area contributed by atoms with Gasteiger partial charge in [0.2, 0.25) is 4.33 Å². The van der Waals surface area contributed by atoms with E-state index in [-0.39, 0.29) is 6.10 Å². The van der Waals surface area contributed by atoms with E-state index in [1.165, 1.54) is 0 Å². The molecule has 19 heavy (non-hydrogen) atoms. The number of rotatable bonds is 9. The van der Waals surface area contributed by atoms with Crippen LogP contribution in [0.3, 0.4) is 0 Å². The zero-order valence-corrected chi connectivity index (χ0v) is 13.8. The number of hydrogen-bond acceptors (Lipinski definition) is 4. The van der Waals surface area contributed by atoms with Crippen LogP contribution in [0.5, 0.6) is 0 Å². The average molecular weight is 315 g/mol. The lowest BCUT2D eigenvalue weighted by molar-refractivity contribution is -0.197. The Balaban J connectivity index is 3.90. The van der Waals surface area contributed by atoms with Gasteiger partial charge < -0.3 is 14.2 Å². The van der Waals surface area contributed by atoms with Crippen molar-refractivity contribution in [1.82, 2.24) is 0 Å². The van der Waals surface area contributed by atoms with Crippen LogP contribution in [0.1, 0.15) is 47.0 Å². The summed E-state index contributed by atoms with van der Waals surface area (Å²) in [6.07, 6.45) is 1.51. The van der Waals surface area contributed by atoms with E-state index < -0.39 is 16.1 Å².